The molecule has 108 valence electrons. The van der Waals surface area contributed by atoms with Crippen LogP contribution in [0.5, 0.6) is 0 Å². The first-order valence-electron chi connectivity index (χ1n) is 6.92. The van der Waals surface area contributed by atoms with E-state index in [2.05, 4.69) is 9.62 Å². The van der Waals surface area contributed by atoms with Gasteiger partial charge in [-0.15, -0.1) is 0 Å². The van der Waals surface area contributed by atoms with Crippen LogP contribution in [-0.2, 0) is 10.2 Å². The molecule has 1 aliphatic heterocycles. The van der Waals surface area contributed by atoms with E-state index in [1.54, 1.807) is 14.1 Å². The van der Waals surface area contributed by atoms with Gasteiger partial charge in [0.25, 0.3) is 10.2 Å². The van der Waals surface area contributed by atoms with Gasteiger partial charge >= 0.3 is 0 Å². The van der Waals surface area contributed by atoms with Crippen molar-refractivity contribution in [2.75, 3.05) is 40.3 Å². The van der Waals surface area contributed by atoms with E-state index in [1.807, 2.05) is 0 Å². The van der Waals surface area contributed by atoms with Crippen molar-refractivity contribution in [3.63, 3.8) is 0 Å². The lowest BCUT2D eigenvalue weighted by molar-refractivity contribution is 0.279. The number of nitrogens with one attached hydrogen (secondary N) is 1. The van der Waals surface area contributed by atoms with Gasteiger partial charge in [0, 0.05) is 20.6 Å². The molecule has 1 saturated heterocycles. The Balaban J connectivity index is 2.08. The molecule has 1 fully saturated rings. The molecule has 1 rings (SSSR count). The zero-order chi connectivity index (χ0) is 13.4. The van der Waals surface area contributed by atoms with Crippen molar-refractivity contribution in [1.29, 1.82) is 0 Å². The van der Waals surface area contributed by atoms with Crippen LogP contribution in [0.15, 0.2) is 0 Å². The van der Waals surface area contributed by atoms with Gasteiger partial charge in [-0.3, -0.25) is 0 Å². The first-order chi connectivity index (χ1) is 8.52. The lowest BCUT2D eigenvalue weighted by atomic mass is 10.2. The maximum absolute atomic E-state index is 11.4. The summed E-state index contributed by atoms with van der Waals surface area (Å²) in [5, 5.41) is 0. The van der Waals surface area contributed by atoms with Crippen LogP contribution in [0.1, 0.15) is 38.5 Å². The van der Waals surface area contributed by atoms with Crippen molar-refractivity contribution in [3.05, 3.63) is 0 Å². The highest BCUT2D eigenvalue weighted by Gasteiger charge is 2.12. The quantitative estimate of drug-likeness (QED) is 0.707. The van der Waals surface area contributed by atoms with E-state index in [-0.39, 0.29) is 0 Å². The molecule has 18 heavy (non-hydrogen) atoms. The number of rotatable bonds is 7. The van der Waals surface area contributed by atoms with Gasteiger partial charge in [0.05, 0.1) is 0 Å². The monoisotopic (exact) mass is 277 g/mol. The lowest BCUT2D eigenvalue weighted by Gasteiger charge is -2.19. The van der Waals surface area contributed by atoms with Crippen LogP contribution in [-0.4, -0.2) is 57.9 Å². The Morgan fingerprint density at radius 2 is 1.67 bits per heavy atom. The Labute approximate surface area is 112 Å². The lowest BCUT2D eigenvalue weighted by Crippen LogP contribution is -2.36. The zero-order valence-electron chi connectivity index (χ0n) is 11.7. The Bertz CT molecular complexity index is 309. The molecule has 0 atom stereocenters. The first-order valence-corrected chi connectivity index (χ1v) is 8.36. The van der Waals surface area contributed by atoms with Crippen molar-refractivity contribution >= 4 is 10.2 Å². The van der Waals surface area contributed by atoms with E-state index in [0.29, 0.717) is 6.54 Å². The molecule has 0 amide bonds. The highest BCUT2D eigenvalue weighted by Crippen LogP contribution is 2.10. The second-order valence-corrected chi connectivity index (χ2v) is 7.11. The molecule has 0 radical (unpaired) electrons. The number of unbranched alkanes of at least 4 members (excludes halogenated alkanes) is 1. The fourth-order valence-corrected chi connectivity index (χ4v) is 2.81. The molecule has 0 aromatic heterocycles. The van der Waals surface area contributed by atoms with E-state index >= 15 is 0 Å². The molecule has 1 aliphatic rings. The number of hydrogen-bond donors (Lipinski definition) is 1. The molecule has 0 unspecified atom stereocenters. The molecular formula is C12H27N3O2S. The van der Waals surface area contributed by atoms with Gasteiger partial charge in [0.2, 0.25) is 0 Å². The van der Waals surface area contributed by atoms with Crippen LogP contribution < -0.4 is 4.72 Å². The average molecular weight is 277 g/mol. The predicted octanol–water partition coefficient (Wildman–Crippen LogP) is 1.04. The summed E-state index contributed by atoms with van der Waals surface area (Å²) in [6.07, 6.45) is 7.32. The Morgan fingerprint density at radius 1 is 1.06 bits per heavy atom. The molecule has 6 heteroatoms. The number of likely N-dealkylation sites (tertiary alicyclic amines) is 1. The highest BCUT2D eigenvalue weighted by molar-refractivity contribution is 7.87. The third kappa shape index (κ3) is 6.13. The Morgan fingerprint density at radius 3 is 2.22 bits per heavy atom. The molecular weight excluding hydrogens is 250 g/mol. The van der Waals surface area contributed by atoms with Gasteiger partial charge < -0.3 is 4.90 Å². The van der Waals surface area contributed by atoms with E-state index in [4.69, 9.17) is 0 Å². The molecule has 0 saturated carbocycles. The topological polar surface area (TPSA) is 52.7 Å². The second kappa shape index (κ2) is 8.09. The summed E-state index contributed by atoms with van der Waals surface area (Å²) in [6, 6.07) is 0. The fourth-order valence-electron chi connectivity index (χ4n) is 2.15. The predicted molar refractivity (Wildman–Crippen MR) is 74.8 cm³/mol. The van der Waals surface area contributed by atoms with Crippen LogP contribution in [0, 0.1) is 0 Å². The molecule has 0 aromatic carbocycles. The van der Waals surface area contributed by atoms with Crippen LogP contribution >= 0.6 is 0 Å². The molecule has 1 heterocycles. The van der Waals surface area contributed by atoms with Crippen molar-refractivity contribution < 1.29 is 8.42 Å². The summed E-state index contributed by atoms with van der Waals surface area (Å²) >= 11 is 0. The fraction of sp³-hybridized carbons (Fsp3) is 1.00. The van der Waals surface area contributed by atoms with Gasteiger partial charge in [-0.25, -0.2) is 4.72 Å². The summed E-state index contributed by atoms with van der Waals surface area (Å²) < 4.78 is 26.7. The van der Waals surface area contributed by atoms with Crippen LogP contribution in [0.2, 0.25) is 0 Å². The van der Waals surface area contributed by atoms with E-state index in [1.165, 1.54) is 43.1 Å². The maximum Gasteiger partial charge on any atom is 0.278 e. The smallest absolute Gasteiger partial charge is 0.278 e. The highest BCUT2D eigenvalue weighted by atomic mass is 32.2. The standard InChI is InChI=1S/C12H27N3O2S/c1-14(2)18(16,17)13-9-5-8-12-15-10-6-3-4-7-11-15/h13H,3-12H2,1-2H3. The number of hydrogen-bond acceptors (Lipinski definition) is 3. The van der Waals surface area contributed by atoms with Crippen LogP contribution in [0.4, 0.5) is 0 Å². The van der Waals surface area contributed by atoms with Crippen molar-refractivity contribution in [2.24, 2.45) is 0 Å². The van der Waals surface area contributed by atoms with Gasteiger partial charge in [-0.05, 0) is 45.3 Å². The van der Waals surface area contributed by atoms with E-state index in [9.17, 15) is 8.42 Å². The summed E-state index contributed by atoms with van der Waals surface area (Å²) in [6.45, 7) is 4.06. The van der Waals surface area contributed by atoms with Crippen LogP contribution in [0.3, 0.4) is 0 Å². The Hall–Kier alpha value is -0.170. The zero-order valence-corrected chi connectivity index (χ0v) is 12.5. The van der Waals surface area contributed by atoms with Gasteiger partial charge in [0.1, 0.15) is 0 Å². The summed E-state index contributed by atoms with van der Waals surface area (Å²) in [5.41, 5.74) is 0. The molecule has 5 nitrogen and oxygen atoms in total. The third-order valence-corrected chi connectivity index (χ3v) is 4.90. The van der Waals surface area contributed by atoms with Crippen LogP contribution in [0.25, 0.3) is 0 Å². The van der Waals surface area contributed by atoms with E-state index in [0.717, 1.165) is 19.4 Å². The average Bonchev–Trinajstić information content (AvgIpc) is 2.57. The van der Waals surface area contributed by atoms with Gasteiger partial charge in [-0.1, -0.05) is 12.8 Å². The maximum atomic E-state index is 11.4. The van der Waals surface area contributed by atoms with Crippen molar-refractivity contribution in [1.82, 2.24) is 13.9 Å². The SMILES string of the molecule is CN(C)S(=O)(=O)NCCCCN1CCCCCC1. The summed E-state index contributed by atoms with van der Waals surface area (Å²) in [5.74, 6) is 0. The summed E-state index contributed by atoms with van der Waals surface area (Å²) in [4.78, 5) is 2.51. The van der Waals surface area contributed by atoms with Gasteiger partial charge in [-0.2, -0.15) is 12.7 Å². The Kier molecular flexibility index (Phi) is 7.14. The molecule has 1 N–H and O–H groups in total. The third-order valence-electron chi connectivity index (χ3n) is 3.36. The largest absolute Gasteiger partial charge is 0.303 e. The van der Waals surface area contributed by atoms with E-state index < -0.39 is 10.2 Å². The molecule has 0 aliphatic carbocycles. The number of nitrogens with zero attached hydrogens (tertiary/aromatic N) is 2. The minimum Gasteiger partial charge on any atom is -0.303 e. The normalized spacial score (nSPS) is 19.1. The van der Waals surface area contributed by atoms with Crippen molar-refractivity contribution in [3.8, 4) is 0 Å². The molecule has 0 aromatic rings. The minimum atomic E-state index is -3.24. The first kappa shape index (κ1) is 15.9. The van der Waals surface area contributed by atoms with Crippen molar-refractivity contribution in [2.45, 2.75) is 38.5 Å². The summed E-state index contributed by atoms with van der Waals surface area (Å²) in [7, 11) is -0.157. The second-order valence-electron chi connectivity index (χ2n) is 5.14. The molecule has 0 bridgehead atoms. The minimum absolute atomic E-state index is 0.536. The van der Waals surface area contributed by atoms with Gasteiger partial charge in [0.15, 0.2) is 0 Å². The molecule has 0 spiro atoms.